The number of aromatic amines is 1. The summed E-state index contributed by atoms with van der Waals surface area (Å²) < 4.78 is 0. The van der Waals surface area contributed by atoms with E-state index >= 15 is 0 Å². The first-order valence-corrected chi connectivity index (χ1v) is 9.07. The smallest absolute Gasteiger partial charge is 0.273 e. The van der Waals surface area contributed by atoms with Crippen LogP contribution in [0.2, 0.25) is 0 Å². The van der Waals surface area contributed by atoms with Crippen molar-refractivity contribution in [3.05, 3.63) is 66.4 Å². The first-order chi connectivity index (χ1) is 12.8. The predicted octanol–water partition coefficient (Wildman–Crippen LogP) is 4.32. The maximum Gasteiger partial charge on any atom is 0.273 e. The van der Waals surface area contributed by atoms with Crippen LogP contribution in [0.25, 0.3) is 11.3 Å². The largest absolute Gasteiger partial charge is 0.371 e. The molecule has 1 aromatic heterocycles. The highest BCUT2D eigenvalue weighted by molar-refractivity contribution is 6.03. The molecular formula is C21H22N4O. The molecule has 1 fully saturated rings. The van der Waals surface area contributed by atoms with Gasteiger partial charge in [0.15, 0.2) is 0 Å². The topological polar surface area (TPSA) is 61.0 Å². The van der Waals surface area contributed by atoms with Crippen LogP contribution >= 0.6 is 0 Å². The second kappa shape index (κ2) is 7.44. The van der Waals surface area contributed by atoms with Crippen LogP contribution in [-0.4, -0.2) is 29.2 Å². The lowest BCUT2D eigenvalue weighted by Crippen LogP contribution is -2.29. The highest BCUT2D eigenvalue weighted by Gasteiger charge is 2.14. The zero-order chi connectivity index (χ0) is 17.8. The quantitative estimate of drug-likeness (QED) is 0.739. The Morgan fingerprint density at radius 1 is 0.962 bits per heavy atom. The van der Waals surface area contributed by atoms with Crippen molar-refractivity contribution in [3.8, 4) is 11.3 Å². The summed E-state index contributed by atoms with van der Waals surface area (Å²) in [6.45, 7) is 2.16. The third-order valence-corrected chi connectivity index (χ3v) is 4.72. The van der Waals surface area contributed by atoms with Gasteiger partial charge in [0.1, 0.15) is 5.69 Å². The summed E-state index contributed by atoms with van der Waals surface area (Å²) in [5, 5.41) is 10.0. The third-order valence-electron chi connectivity index (χ3n) is 4.72. The number of carbonyl (C=O) groups excluding carboxylic acids is 1. The zero-order valence-corrected chi connectivity index (χ0v) is 14.6. The number of carbonyl (C=O) groups is 1. The molecule has 0 spiro atoms. The number of nitrogens with one attached hydrogen (secondary N) is 2. The van der Waals surface area contributed by atoms with Gasteiger partial charge in [-0.1, -0.05) is 36.4 Å². The normalized spacial score (nSPS) is 14.2. The molecule has 5 nitrogen and oxygen atoms in total. The molecule has 2 aromatic carbocycles. The predicted molar refractivity (Wildman–Crippen MR) is 104 cm³/mol. The number of H-pyrrole nitrogens is 1. The van der Waals surface area contributed by atoms with Crippen LogP contribution in [0.3, 0.4) is 0 Å². The highest BCUT2D eigenvalue weighted by atomic mass is 16.1. The Hall–Kier alpha value is -3.08. The Bertz CT molecular complexity index is 882. The van der Waals surface area contributed by atoms with E-state index in [0.717, 1.165) is 35.7 Å². The zero-order valence-electron chi connectivity index (χ0n) is 14.6. The van der Waals surface area contributed by atoms with E-state index in [1.54, 1.807) is 6.07 Å². The minimum absolute atomic E-state index is 0.185. The molecule has 1 saturated heterocycles. The van der Waals surface area contributed by atoms with E-state index < -0.39 is 0 Å². The number of rotatable bonds is 4. The van der Waals surface area contributed by atoms with Crippen molar-refractivity contribution in [2.24, 2.45) is 0 Å². The summed E-state index contributed by atoms with van der Waals surface area (Å²) in [6, 6.07) is 19.6. The average molecular weight is 346 g/mol. The maximum atomic E-state index is 12.6. The van der Waals surface area contributed by atoms with Gasteiger partial charge in [-0.15, -0.1) is 0 Å². The van der Waals surface area contributed by atoms with E-state index in [-0.39, 0.29) is 5.91 Å². The molecule has 0 aliphatic carbocycles. The number of nitrogens with zero attached hydrogens (tertiary/aromatic N) is 2. The fourth-order valence-corrected chi connectivity index (χ4v) is 3.33. The second-order valence-electron chi connectivity index (χ2n) is 6.59. The van der Waals surface area contributed by atoms with Crippen molar-refractivity contribution in [2.45, 2.75) is 19.3 Å². The molecule has 2 N–H and O–H groups in total. The van der Waals surface area contributed by atoms with Gasteiger partial charge in [-0.05, 0) is 43.5 Å². The summed E-state index contributed by atoms with van der Waals surface area (Å²) in [5.74, 6) is -0.185. The molecule has 132 valence electrons. The van der Waals surface area contributed by atoms with Gasteiger partial charge in [-0.25, -0.2) is 0 Å². The molecule has 5 heteroatoms. The summed E-state index contributed by atoms with van der Waals surface area (Å²) in [4.78, 5) is 14.9. The monoisotopic (exact) mass is 346 g/mol. The molecule has 4 rings (SSSR count). The van der Waals surface area contributed by atoms with Crippen molar-refractivity contribution in [1.29, 1.82) is 0 Å². The Morgan fingerprint density at radius 3 is 2.58 bits per heavy atom. The van der Waals surface area contributed by atoms with Crippen LogP contribution in [0.1, 0.15) is 29.8 Å². The first kappa shape index (κ1) is 16.4. The fourth-order valence-electron chi connectivity index (χ4n) is 3.33. The van der Waals surface area contributed by atoms with E-state index in [9.17, 15) is 4.79 Å². The maximum absolute atomic E-state index is 12.6. The lowest BCUT2D eigenvalue weighted by atomic mass is 10.1. The lowest BCUT2D eigenvalue weighted by molar-refractivity contribution is 0.102. The Kier molecular flexibility index (Phi) is 4.69. The molecule has 1 aliphatic rings. The van der Waals surface area contributed by atoms with Gasteiger partial charge in [0.05, 0.1) is 5.69 Å². The van der Waals surface area contributed by atoms with Gasteiger partial charge in [-0.3, -0.25) is 9.89 Å². The van der Waals surface area contributed by atoms with Crippen LogP contribution in [0.15, 0.2) is 60.7 Å². The van der Waals surface area contributed by atoms with Crippen LogP contribution in [-0.2, 0) is 0 Å². The standard InChI is InChI=1S/C21H22N4O/c26-21(20-15-19(23-24-20)16-8-3-1-4-9-16)22-17-10-7-11-18(14-17)25-12-5-2-6-13-25/h1,3-4,7-11,14-15H,2,5-6,12-13H2,(H,22,26)(H,23,24). The first-order valence-electron chi connectivity index (χ1n) is 9.07. The molecular weight excluding hydrogens is 324 g/mol. The van der Waals surface area contributed by atoms with E-state index in [4.69, 9.17) is 0 Å². The summed E-state index contributed by atoms with van der Waals surface area (Å²) in [6.07, 6.45) is 3.76. The van der Waals surface area contributed by atoms with Crippen molar-refractivity contribution in [3.63, 3.8) is 0 Å². The van der Waals surface area contributed by atoms with Gasteiger partial charge in [0.2, 0.25) is 0 Å². The van der Waals surface area contributed by atoms with E-state index in [1.807, 2.05) is 48.5 Å². The molecule has 1 aliphatic heterocycles. The second-order valence-corrected chi connectivity index (χ2v) is 6.59. The Balaban J connectivity index is 1.47. The molecule has 26 heavy (non-hydrogen) atoms. The van der Waals surface area contributed by atoms with Gasteiger partial charge in [0, 0.05) is 30.0 Å². The Labute approximate surface area is 153 Å². The van der Waals surface area contributed by atoms with Crippen LogP contribution in [0, 0.1) is 0 Å². The van der Waals surface area contributed by atoms with E-state index in [1.165, 1.54) is 19.3 Å². The minimum Gasteiger partial charge on any atom is -0.371 e. The molecule has 0 radical (unpaired) electrons. The lowest BCUT2D eigenvalue weighted by Gasteiger charge is -2.29. The molecule has 2 heterocycles. The summed E-state index contributed by atoms with van der Waals surface area (Å²) in [5.41, 5.74) is 4.16. The fraction of sp³-hybridized carbons (Fsp3) is 0.238. The average Bonchev–Trinajstić information content (AvgIpc) is 3.20. The van der Waals surface area contributed by atoms with Crippen molar-refractivity contribution in [2.75, 3.05) is 23.3 Å². The Morgan fingerprint density at radius 2 is 1.77 bits per heavy atom. The van der Waals surface area contributed by atoms with Gasteiger partial charge in [-0.2, -0.15) is 5.10 Å². The third kappa shape index (κ3) is 3.61. The van der Waals surface area contributed by atoms with Crippen LogP contribution < -0.4 is 10.2 Å². The highest BCUT2D eigenvalue weighted by Crippen LogP contribution is 2.23. The molecule has 3 aromatic rings. The van der Waals surface area contributed by atoms with Crippen LogP contribution in [0.4, 0.5) is 11.4 Å². The number of piperidine rings is 1. The van der Waals surface area contributed by atoms with Gasteiger partial charge < -0.3 is 10.2 Å². The van der Waals surface area contributed by atoms with Crippen molar-refractivity contribution < 1.29 is 4.79 Å². The summed E-state index contributed by atoms with van der Waals surface area (Å²) in [7, 11) is 0. The minimum atomic E-state index is -0.185. The SMILES string of the molecule is O=C(Nc1cccc(N2CCCCC2)c1)c1cc(-c2ccccc2)n[nH]1. The van der Waals surface area contributed by atoms with Gasteiger partial charge in [0.25, 0.3) is 5.91 Å². The van der Waals surface area contributed by atoms with Gasteiger partial charge >= 0.3 is 0 Å². The number of amides is 1. The molecule has 0 unspecified atom stereocenters. The van der Waals surface area contributed by atoms with Crippen LogP contribution in [0.5, 0.6) is 0 Å². The molecule has 1 amide bonds. The number of aromatic nitrogens is 2. The number of hydrogen-bond donors (Lipinski definition) is 2. The van der Waals surface area contributed by atoms with Crippen molar-refractivity contribution in [1.82, 2.24) is 10.2 Å². The van der Waals surface area contributed by atoms with E-state index in [2.05, 4.69) is 26.5 Å². The molecule has 0 bridgehead atoms. The van der Waals surface area contributed by atoms with Crippen molar-refractivity contribution >= 4 is 17.3 Å². The number of benzene rings is 2. The number of hydrogen-bond acceptors (Lipinski definition) is 3. The number of anilines is 2. The van der Waals surface area contributed by atoms with E-state index in [0.29, 0.717) is 5.69 Å². The molecule has 0 saturated carbocycles. The summed E-state index contributed by atoms with van der Waals surface area (Å²) >= 11 is 0. The molecule has 0 atom stereocenters.